The maximum atomic E-state index is 11.9. The number of nitrogens with one attached hydrogen (secondary N) is 2. The summed E-state index contributed by atoms with van der Waals surface area (Å²) in [7, 11) is -1.67. The Morgan fingerprint density at radius 1 is 1.37 bits per heavy atom. The number of hydrogen-bond acceptors (Lipinski definition) is 4. The molecule has 5 nitrogen and oxygen atoms in total. The van der Waals surface area contributed by atoms with Crippen molar-refractivity contribution < 1.29 is 8.42 Å². The van der Waals surface area contributed by atoms with E-state index in [9.17, 15) is 8.42 Å². The number of rotatable bonds is 11. The van der Waals surface area contributed by atoms with Crippen LogP contribution in [0.5, 0.6) is 0 Å². The molecule has 0 aromatic rings. The van der Waals surface area contributed by atoms with Gasteiger partial charge in [0.15, 0.2) is 0 Å². The highest BCUT2D eigenvalue weighted by Gasteiger charge is 2.20. The molecular formula is C12H27N3O2S2. The molecule has 0 aliphatic heterocycles. The Balaban J connectivity index is 2.14. The molecule has 0 spiro atoms. The largest absolute Gasteiger partial charge is 0.314 e. The topological polar surface area (TPSA) is 61.4 Å². The predicted octanol–water partition coefficient (Wildman–Crippen LogP) is 1.04. The van der Waals surface area contributed by atoms with Crippen molar-refractivity contribution in [3.63, 3.8) is 0 Å². The van der Waals surface area contributed by atoms with Gasteiger partial charge < -0.3 is 5.32 Å². The van der Waals surface area contributed by atoms with Gasteiger partial charge in [0.1, 0.15) is 0 Å². The lowest BCUT2D eigenvalue weighted by atomic mass is 10.3. The lowest BCUT2D eigenvalue weighted by Crippen LogP contribution is -2.40. The summed E-state index contributed by atoms with van der Waals surface area (Å²) in [4.78, 5) is 0. The van der Waals surface area contributed by atoms with Gasteiger partial charge in [-0.25, -0.2) is 4.72 Å². The van der Waals surface area contributed by atoms with Crippen molar-refractivity contribution in [3.8, 4) is 0 Å². The van der Waals surface area contributed by atoms with Crippen LogP contribution in [0.3, 0.4) is 0 Å². The van der Waals surface area contributed by atoms with Crippen LogP contribution in [0.25, 0.3) is 0 Å². The second-order valence-corrected chi connectivity index (χ2v) is 8.28. The summed E-state index contributed by atoms with van der Waals surface area (Å²) in [6.07, 6.45) is 6.29. The van der Waals surface area contributed by atoms with Crippen LogP contribution in [0.4, 0.5) is 0 Å². The molecule has 1 fully saturated rings. The Kier molecular flexibility index (Phi) is 7.68. The molecule has 1 atom stereocenters. The molecule has 2 N–H and O–H groups in total. The molecule has 0 bridgehead atoms. The van der Waals surface area contributed by atoms with Gasteiger partial charge >= 0.3 is 0 Å². The fourth-order valence-corrected chi connectivity index (χ4v) is 2.95. The van der Waals surface area contributed by atoms with Gasteiger partial charge in [0.25, 0.3) is 10.2 Å². The van der Waals surface area contributed by atoms with E-state index >= 15 is 0 Å². The van der Waals surface area contributed by atoms with E-state index in [0.29, 0.717) is 24.4 Å². The van der Waals surface area contributed by atoms with Crippen LogP contribution in [-0.4, -0.2) is 57.0 Å². The Bertz CT molecular complexity index is 345. The highest BCUT2D eigenvalue weighted by molar-refractivity contribution is 7.99. The first-order valence-corrected chi connectivity index (χ1v) is 9.65. The van der Waals surface area contributed by atoms with Crippen LogP contribution in [0.15, 0.2) is 0 Å². The number of hydrogen-bond donors (Lipinski definition) is 2. The molecular weight excluding hydrogens is 282 g/mol. The van der Waals surface area contributed by atoms with Gasteiger partial charge in [-0.05, 0) is 38.5 Å². The second-order valence-electron chi connectivity index (χ2n) is 5.14. The highest BCUT2D eigenvalue weighted by Crippen LogP contribution is 2.18. The Hall–Kier alpha value is 0.180. The third-order valence-corrected chi connectivity index (χ3v) is 5.92. The van der Waals surface area contributed by atoms with Gasteiger partial charge in [-0.15, -0.1) is 0 Å². The van der Waals surface area contributed by atoms with Crippen molar-refractivity contribution in [2.24, 2.45) is 0 Å². The molecule has 0 saturated heterocycles. The Labute approximate surface area is 122 Å². The van der Waals surface area contributed by atoms with Crippen molar-refractivity contribution in [1.29, 1.82) is 0 Å². The number of nitrogens with zero attached hydrogens (tertiary/aromatic N) is 1. The summed E-state index contributed by atoms with van der Waals surface area (Å²) in [6.45, 7) is 4.07. The zero-order valence-electron chi connectivity index (χ0n) is 12.2. The van der Waals surface area contributed by atoms with E-state index in [1.54, 1.807) is 18.8 Å². The third-order valence-electron chi connectivity index (χ3n) is 3.31. The number of thioether (sulfide) groups is 1. The van der Waals surface area contributed by atoms with Gasteiger partial charge in [-0.3, -0.25) is 0 Å². The zero-order valence-corrected chi connectivity index (χ0v) is 13.8. The van der Waals surface area contributed by atoms with Crippen molar-refractivity contribution in [2.45, 2.75) is 43.9 Å². The van der Waals surface area contributed by atoms with Crippen LogP contribution < -0.4 is 10.0 Å². The average Bonchev–Trinajstić information content (AvgIpc) is 3.17. The standard InChI is InChI=1S/C12H27N3O2S2/c1-11(18-3)7-9-14-19(16,17)15(2)10-4-8-13-12-5-6-12/h11-14H,4-10H2,1-3H3. The van der Waals surface area contributed by atoms with E-state index in [-0.39, 0.29) is 0 Å². The molecule has 1 unspecified atom stereocenters. The smallest absolute Gasteiger partial charge is 0.279 e. The van der Waals surface area contributed by atoms with Crippen LogP contribution >= 0.6 is 11.8 Å². The maximum absolute atomic E-state index is 11.9. The van der Waals surface area contributed by atoms with Crippen LogP contribution in [0.2, 0.25) is 0 Å². The quantitative estimate of drug-likeness (QED) is 0.560. The lowest BCUT2D eigenvalue weighted by molar-refractivity contribution is 0.443. The van der Waals surface area contributed by atoms with E-state index in [2.05, 4.69) is 17.0 Å². The molecule has 1 aliphatic rings. The zero-order chi connectivity index (χ0) is 14.3. The minimum absolute atomic E-state index is 0.482. The average molecular weight is 310 g/mol. The molecule has 19 heavy (non-hydrogen) atoms. The summed E-state index contributed by atoms with van der Waals surface area (Å²) < 4.78 is 27.9. The van der Waals surface area contributed by atoms with Gasteiger partial charge in [-0.2, -0.15) is 24.5 Å². The van der Waals surface area contributed by atoms with Crippen molar-refractivity contribution in [2.75, 3.05) is 32.9 Å². The summed E-state index contributed by atoms with van der Waals surface area (Å²) in [5.74, 6) is 0. The molecule has 114 valence electrons. The SMILES string of the molecule is CSC(C)CCNS(=O)(=O)N(C)CCCNC1CC1. The fraction of sp³-hybridized carbons (Fsp3) is 1.00. The highest BCUT2D eigenvalue weighted by atomic mass is 32.2. The summed E-state index contributed by atoms with van der Waals surface area (Å²) >= 11 is 1.75. The van der Waals surface area contributed by atoms with Crippen LogP contribution in [-0.2, 0) is 10.2 Å². The Morgan fingerprint density at radius 2 is 2.05 bits per heavy atom. The predicted molar refractivity (Wildman–Crippen MR) is 82.8 cm³/mol. The minimum Gasteiger partial charge on any atom is -0.314 e. The van der Waals surface area contributed by atoms with Crippen LogP contribution in [0, 0.1) is 0 Å². The van der Waals surface area contributed by atoms with E-state index in [4.69, 9.17) is 0 Å². The first-order valence-electron chi connectivity index (χ1n) is 6.93. The first-order chi connectivity index (χ1) is 8.95. The molecule has 1 aliphatic carbocycles. The van der Waals surface area contributed by atoms with Crippen molar-refractivity contribution in [3.05, 3.63) is 0 Å². The molecule has 1 rings (SSSR count). The third kappa shape index (κ3) is 7.51. The molecule has 0 aromatic heterocycles. The minimum atomic E-state index is -3.30. The summed E-state index contributed by atoms with van der Waals surface area (Å²) in [5.41, 5.74) is 0. The van der Waals surface area contributed by atoms with Crippen molar-refractivity contribution in [1.82, 2.24) is 14.3 Å². The summed E-state index contributed by atoms with van der Waals surface area (Å²) in [5, 5.41) is 3.87. The monoisotopic (exact) mass is 309 g/mol. The van der Waals surface area contributed by atoms with Crippen LogP contribution in [0.1, 0.15) is 32.6 Å². The molecule has 0 amide bonds. The van der Waals surface area contributed by atoms with Crippen molar-refractivity contribution >= 4 is 22.0 Å². The summed E-state index contributed by atoms with van der Waals surface area (Å²) in [6, 6.07) is 0.688. The maximum Gasteiger partial charge on any atom is 0.279 e. The first kappa shape index (κ1) is 17.2. The lowest BCUT2D eigenvalue weighted by Gasteiger charge is -2.18. The van der Waals surface area contributed by atoms with E-state index < -0.39 is 10.2 Å². The van der Waals surface area contributed by atoms with E-state index in [0.717, 1.165) is 19.4 Å². The fourth-order valence-electron chi connectivity index (χ4n) is 1.63. The van der Waals surface area contributed by atoms with Gasteiger partial charge in [0.2, 0.25) is 0 Å². The molecule has 0 radical (unpaired) electrons. The molecule has 1 saturated carbocycles. The Morgan fingerprint density at radius 3 is 2.63 bits per heavy atom. The van der Waals surface area contributed by atoms with E-state index in [1.807, 2.05) is 6.26 Å². The second kappa shape index (κ2) is 8.46. The molecule has 7 heteroatoms. The molecule has 0 heterocycles. The van der Waals surface area contributed by atoms with Gasteiger partial charge in [0.05, 0.1) is 0 Å². The van der Waals surface area contributed by atoms with Gasteiger partial charge in [-0.1, -0.05) is 6.92 Å². The van der Waals surface area contributed by atoms with E-state index in [1.165, 1.54) is 17.1 Å². The molecule has 0 aromatic carbocycles. The van der Waals surface area contributed by atoms with Gasteiger partial charge in [0, 0.05) is 31.4 Å². The normalized spacial score (nSPS) is 17.9.